The second kappa shape index (κ2) is 7.58. The van der Waals surface area contributed by atoms with E-state index in [0.717, 1.165) is 0 Å². The van der Waals surface area contributed by atoms with Gasteiger partial charge in [0.15, 0.2) is 11.9 Å². The maximum absolute atomic E-state index is 11.5. The van der Waals surface area contributed by atoms with Gasteiger partial charge < -0.3 is 14.3 Å². The molecule has 18 heavy (non-hydrogen) atoms. The van der Waals surface area contributed by atoms with Crippen LogP contribution in [0.15, 0.2) is 0 Å². The average Bonchev–Trinajstić information content (AvgIpc) is 2.25. The summed E-state index contributed by atoms with van der Waals surface area (Å²) in [5.41, 5.74) is -1.19. The third-order valence-electron chi connectivity index (χ3n) is 2.07. The summed E-state index contributed by atoms with van der Waals surface area (Å²) in [6.45, 7) is 4.13. The second-order valence-electron chi connectivity index (χ2n) is 4.47. The van der Waals surface area contributed by atoms with E-state index in [2.05, 4.69) is 0 Å². The lowest BCUT2D eigenvalue weighted by Crippen LogP contribution is -2.31. The maximum atomic E-state index is 11.5. The number of carbonyl (C=O) groups excluding carboxylic acids is 4. The van der Waals surface area contributed by atoms with Crippen LogP contribution in [0.4, 0.5) is 0 Å². The van der Waals surface area contributed by atoms with Gasteiger partial charge in [0.2, 0.25) is 0 Å². The molecule has 0 aliphatic rings. The highest BCUT2D eigenvalue weighted by atomic mass is 16.6. The van der Waals surface area contributed by atoms with Gasteiger partial charge in [0.05, 0.1) is 13.0 Å². The fourth-order valence-electron chi connectivity index (χ4n) is 1.18. The van der Waals surface area contributed by atoms with E-state index < -0.39 is 23.5 Å². The molecule has 1 unspecified atom stereocenters. The molecule has 0 rings (SSSR count). The van der Waals surface area contributed by atoms with Gasteiger partial charge in [-0.2, -0.15) is 0 Å². The summed E-state index contributed by atoms with van der Waals surface area (Å²) in [6, 6.07) is 0. The number of hydrogen-bond donors (Lipinski definition) is 0. The molecule has 1 atom stereocenters. The molecule has 0 aromatic carbocycles. The lowest BCUT2D eigenvalue weighted by molar-refractivity contribution is -0.161. The third-order valence-corrected chi connectivity index (χ3v) is 2.07. The van der Waals surface area contributed by atoms with Crippen molar-refractivity contribution in [2.45, 2.75) is 39.2 Å². The lowest BCUT2D eigenvalue weighted by Gasteiger charge is -2.20. The van der Waals surface area contributed by atoms with Crippen molar-refractivity contribution in [3.63, 3.8) is 0 Å². The second-order valence-corrected chi connectivity index (χ2v) is 4.47. The molecule has 0 heterocycles. The van der Waals surface area contributed by atoms with Gasteiger partial charge in [0, 0.05) is 19.3 Å². The molecule has 0 aromatic rings. The highest BCUT2D eigenvalue weighted by Crippen LogP contribution is 2.13. The van der Waals surface area contributed by atoms with E-state index >= 15 is 0 Å². The average molecular weight is 258 g/mol. The predicted molar refractivity (Wildman–Crippen MR) is 61.7 cm³/mol. The standard InChI is InChI=1S/C12H18O6/c1-9(15)17-7-10(4-5-13)6-11(16)18-12(2,3)8-14/h5,8,10H,4,6-7H2,1-3H3. The molecule has 102 valence electrons. The molecule has 0 spiro atoms. The Balaban J connectivity index is 4.30. The Morgan fingerprint density at radius 2 is 1.89 bits per heavy atom. The van der Waals surface area contributed by atoms with Gasteiger partial charge in [-0.1, -0.05) is 0 Å². The molecular weight excluding hydrogens is 240 g/mol. The Labute approximate surface area is 106 Å². The van der Waals surface area contributed by atoms with Crippen LogP contribution in [0, 0.1) is 5.92 Å². The van der Waals surface area contributed by atoms with Crippen molar-refractivity contribution in [2.75, 3.05) is 6.61 Å². The van der Waals surface area contributed by atoms with Crippen LogP contribution in [0.1, 0.15) is 33.6 Å². The summed E-state index contributed by atoms with van der Waals surface area (Å²) in [6.07, 6.45) is 1.17. The van der Waals surface area contributed by atoms with E-state index in [9.17, 15) is 19.2 Å². The molecule has 0 fully saturated rings. The van der Waals surface area contributed by atoms with Crippen LogP contribution in [0.2, 0.25) is 0 Å². The zero-order chi connectivity index (χ0) is 14.2. The van der Waals surface area contributed by atoms with Gasteiger partial charge in [0.1, 0.15) is 6.29 Å². The minimum atomic E-state index is -1.19. The number of aldehydes is 2. The molecule has 0 bridgehead atoms. The highest BCUT2D eigenvalue weighted by molar-refractivity contribution is 5.74. The van der Waals surface area contributed by atoms with Gasteiger partial charge in [-0.15, -0.1) is 0 Å². The number of esters is 2. The minimum Gasteiger partial charge on any atom is -0.466 e. The molecule has 0 aromatic heterocycles. The molecule has 0 saturated heterocycles. The summed E-state index contributed by atoms with van der Waals surface area (Å²) >= 11 is 0. The predicted octanol–water partition coefficient (Wildman–Crippen LogP) is 0.665. The van der Waals surface area contributed by atoms with Crippen LogP contribution in [-0.4, -0.2) is 36.7 Å². The normalized spacial score (nSPS) is 12.4. The van der Waals surface area contributed by atoms with Crippen LogP contribution < -0.4 is 0 Å². The molecule has 0 saturated carbocycles. The van der Waals surface area contributed by atoms with Crippen molar-refractivity contribution < 1.29 is 28.7 Å². The zero-order valence-electron chi connectivity index (χ0n) is 10.8. The molecule has 0 radical (unpaired) electrons. The van der Waals surface area contributed by atoms with Crippen LogP contribution in [-0.2, 0) is 28.7 Å². The van der Waals surface area contributed by atoms with Crippen molar-refractivity contribution in [3.05, 3.63) is 0 Å². The first-order valence-corrected chi connectivity index (χ1v) is 5.56. The van der Waals surface area contributed by atoms with Crippen molar-refractivity contribution in [1.29, 1.82) is 0 Å². The first-order chi connectivity index (χ1) is 8.30. The Bertz CT molecular complexity index is 321. The third kappa shape index (κ3) is 7.54. The molecule has 0 aliphatic heterocycles. The minimum absolute atomic E-state index is 0.0231. The zero-order valence-corrected chi connectivity index (χ0v) is 10.8. The monoisotopic (exact) mass is 258 g/mol. The van der Waals surface area contributed by atoms with E-state index in [1.54, 1.807) is 0 Å². The molecule has 0 N–H and O–H groups in total. The van der Waals surface area contributed by atoms with Gasteiger partial charge in [-0.3, -0.25) is 14.4 Å². The molecule has 0 amide bonds. The van der Waals surface area contributed by atoms with E-state index in [-0.39, 0.29) is 19.4 Å². The van der Waals surface area contributed by atoms with Gasteiger partial charge >= 0.3 is 11.9 Å². The summed E-state index contributed by atoms with van der Waals surface area (Å²) < 4.78 is 9.65. The number of ether oxygens (including phenoxy) is 2. The van der Waals surface area contributed by atoms with Crippen LogP contribution in [0.25, 0.3) is 0 Å². The van der Waals surface area contributed by atoms with Crippen molar-refractivity contribution in [3.8, 4) is 0 Å². The number of hydrogen-bond acceptors (Lipinski definition) is 6. The fraction of sp³-hybridized carbons (Fsp3) is 0.667. The first kappa shape index (κ1) is 16.3. The summed E-state index contributed by atoms with van der Waals surface area (Å²) in [5.74, 6) is -1.51. The van der Waals surface area contributed by atoms with Crippen molar-refractivity contribution in [1.82, 2.24) is 0 Å². The molecular formula is C12H18O6. The van der Waals surface area contributed by atoms with Gasteiger partial charge in [0.25, 0.3) is 0 Å². The topological polar surface area (TPSA) is 86.7 Å². The number of carbonyl (C=O) groups is 4. The smallest absolute Gasteiger partial charge is 0.307 e. The summed E-state index contributed by atoms with van der Waals surface area (Å²) in [7, 11) is 0. The van der Waals surface area contributed by atoms with E-state index in [0.29, 0.717) is 12.6 Å². The maximum Gasteiger partial charge on any atom is 0.307 e. The highest BCUT2D eigenvalue weighted by Gasteiger charge is 2.24. The van der Waals surface area contributed by atoms with E-state index in [1.807, 2.05) is 0 Å². The van der Waals surface area contributed by atoms with Gasteiger partial charge in [-0.05, 0) is 13.8 Å². The summed E-state index contributed by atoms with van der Waals surface area (Å²) in [5, 5.41) is 0. The Morgan fingerprint density at radius 3 is 2.33 bits per heavy atom. The molecule has 6 heteroatoms. The van der Waals surface area contributed by atoms with Crippen molar-refractivity contribution in [2.24, 2.45) is 5.92 Å². The van der Waals surface area contributed by atoms with Crippen molar-refractivity contribution >= 4 is 24.5 Å². The Hall–Kier alpha value is -1.72. The Kier molecular flexibility index (Phi) is 6.85. The largest absolute Gasteiger partial charge is 0.466 e. The summed E-state index contributed by atoms with van der Waals surface area (Å²) in [4.78, 5) is 43.2. The van der Waals surface area contributed by atoms with Crippen LogP contribution in [0.5, 0.6) is 0 Å². The lowest BCUT2D eigenvalue weighted by atomic mass is 10.0. The van der Waals surface area contributed by atoms with Gasteiger partial charge in [-0.25, -0.2) is 0 Å². The molecule has 0 aliphatic carbocycles. The van der Waals surface area contributed by atoms with Crippen LogP contribution >= 0.6 is 0 Å². The fourth-order valence-corrected chi connectivity index (χ4v) is 1.18. The number of rotatable bonds is 8. The van der Waals surface area contributed by atoms with E-state index in [1.165, 1.54) is 20.8 Å². The molecule has 6 nitrogen and oxygen atoms in total. The van der Waals surface area contributed by atoms with Crippen LogP contribution in [0.3, 0.4) is 0 Å². The van der Waals surface area contributed by atoms with E-state index in [4.69, 9.17) is 9.47 Å². The Morgan fingerprint density at radius 1 is 1.28 bits per heavy atom. The first-order valence-electron chi connectivity index (χ1n) is 5.56. The quantitative estimate of drug-likeness (QED) is 0.469. The SMILES string of the molecule is CC(=O)OCC(CC=O)CC(=O)OC(C)(C)C=O.